The first-order chi connectivity index (χ1) is 25.5. The van der Waals surface area contributed by atoms with Crippen LogP contribution in [-0.2, 0) is 12.8 Å². The normalized spacial score (nSPS) is 17.9. The van der Waals surface area contributed by atoms with Crippen LogP contribution in [0, 0.1) is 0 Å². The molecule has 9 heteroatoms. The minimum Gasteiger partial charge on any atom is -0.508 e. The topological polar surface area (TPSA) is 153 Å². The van der Waals surface area contributed by atoms with Gasteiger partial charge in [0.15, 0.2) is 0 Å². The van der Waals surface area contributed by atoms with Gasteiger partial charge in [-0.3, -0.25) is 0 Å². The van der Waals surface area contributed by atoms with Crippen LogP contribution in [0.5, 0.6) is 23.0 Å². The number of nitrogens with zero attached hydrogens (tertiary/aromatic N) is 4. The van der Waals surface area contributed by atoms with Crippen molar-refractivity contribution in [3.8, 4) is 45.3 Å². The first-order valence-electron chi connectivity index (χ1n) is 19.2. The maximum absolute atomic E-state index is 11.2. The molecule has 0 spiro atoms. The fraction of sp³-hybridized carbons (Fsp3) is 0.455. The van der Waals surface area contributed by atoms with Crippen LogP contribution < -0.4 is 0 Å². The molecule has 2 aromatic carbocycles. The molecule has 0 bridgehead atoms. The summed E-state index contributed by atoms with van der Waals surface area (Å²) in [7, 11) is 0. The Balaban J connectivity index is 0.000000202. The van der Waals surface area contributed by atoms with E-state index in [4.69, 9.17) is 0 Å². The lowest BCUT2D eigenvalue weighted by atomic mass is 9.82. The van der Waals surface area contributed by atoms with E-state index in [1.54, 1.807) is 30.9 Å². The molecule has 9 nitrogen and oxygen atoms in total. The Bertz CT molecular complexity index is 1790. The minimum absolute atomic E-state index is 0.0526. The number of benzene rings is 2. The van der Waals surface area contributed by atoms with Crippen molar-refractivity contribution in [2.45, 2.75) is 129 Å². The van der Waals surface area contributed by atoms with E-state index in [1.165, 1.54) is 24.3 Å². The molecule has 2 atom stereocenters. The van der Waals surface area contributed by atoms with Gasteiger partial charge >= 0.3 is 0 Å². The van der Waals surface area contributed by atoms with Crippen molar-refractivity contribution >= 4 is 0 Å². The summed E-state index contributed by atoms with van der Waals surface area (Å²) in [6, 6.07) is 4.90. The zero-order valence-electron chi connectivity index (χ0n) is 31.9. The fourth-order valence-corrected chi connectivity index (χ4v) is 7.13. The molecule has 2 aliphatic rings. The highest BCUT2D eigenvalue weighted by molar-refractivity contribution is 5.77. The maximum Gasteiger partial charge on any atom is 0.131 e. The lowest BCUT2D eigenvalue weighted by Gasteiger charge is -2.24. The van der Waals surface area contributed by atoms with Crippen molar-refractivity contribution in [3.05, 3.63) is 96.1 Å². The van der Waals surface area contributed by atoms with Crippen LogP contribution in [0.4, 0.5) is 0 Å². The lowest BCUT2D eigenvalue weighted by molar-refractivity contribution is 0.0948. The lowest BCUT2D eigenvalue weighted by Crippen LogP contribution is -2.22. The minimum atomic E-state index is -0.502. The first kappa shape index (κ1) is 41.0. The van der Waals surface area contributed by atoms with E-state index < -0.39 is 5.60 Å². The standard InChI is InChI=1S/C22H28N2O2.C15H18N2O2.C7H12O/c1-3-4-5-8-17-11-19(25)21(16-9-6-7-15(2)10-16)22(26)20(17)18-12-23-14-24-13-18;1-2-3-4-5-11-6-13(18)7-14(19)15(11)12-8-16-10-17-9-12;1-7(8)5-3-2-4-6-7/h10-14,16,25-26H,3-9H2,1-2H3;6-10,18-19H,2-5H2,1H3;3,5,8H,2,4,6H2,1H3. The Labute approximate surface area is 315 Å². The molecule has 6 rings (SSSR count). The number of phenols is 4. The molecule has 2 unspecified atom stereocenters. The number of unbranched alkanes of at least 4 members (excludes halogenated alkanes) is 4. The molecule has 5 N–H and O–H groups in total. The summed E-state index contributed by atoms with van der Waals surface area (Å²) in [4.78, 5) is 16.2. The Morgan fingerprint density at radius 3 is 1.83 bits per heavy atom. The van der Waals surface area contributed by atoms with Gasteiger partial charge < -0.3 is 25.5 Å². The molecule has 2 aromatic heterocycles. The fourth-order valence-electron chi connectivity index (χ4n) is 7.13. The SMILES string of the molecule is CC1(O)C=CCCC1.CCCCCc1cc(O)c(C2C=C(C)CCC2)c(O)c1-c1cncnc1.CCCCCc1cc(O)cc(O)c1-c1cncnc1. The third kappa shape index (κ3) is 12.1. The van der Waals surface area contributed by atoms with Gasteiger partial charge in [0.25, 0.3) is 0 Å². The quantitative estimate of drug-likeness (QED) is 0.0752. The largest absolute Gasteiger partial charge is 0.508 e. The molecule has 0 amide bonds. The van der Waals surface area contributed by atoms with Crippen molar-refractivity contribution in [2.24, 2.45) is 0 Å². The van der Waals surface area contributed by atoms with Crippen LogP contribution in [0.25, 0.3) is 22.3 Å². The molecule has 0 saturated carbocycles. The highest BCUT2D eigenvalue weighted by Crippen LogP contribution is 2.47. The van der Waals surface area contributed by atoms with Crippen LogP contribution in [0.2, 0.25) is 0 Å². The molecule has 53 heavy (non-hydrogen) atoms. The average molecular weight is 723 g/mol. The highest BCUT2D eigenvalue weighted by Gasteiger charge is 2.25. The average Bonchev–Trinajstić information content (AvgIpc) is 3.13. The second-order valence-electron chi connectivity index (χ2n) is 14.5. The number of phenolic OH excluding ortho intramolecular Hbond substituents is 4. The van der Waals surface area contributed by atoms with Gasteiger partial charge in [-0.25, -0.2) is 19.9 Å². The van der Waals surface area contributed by atoms with E-state index in [9.17, 15) is 25.5 Å². The molecule has 0 saturated heterocycles. The monoisotopic (exact) mass is 722 g/mol. The van der Waals surface area contributed by atoms with Gasteiger partial charge in [0.2, 0.25) is 0 Å². The zero-order valence-corrected chi connectivity index (χ0v) is 31.9. The van der Waals surface area contributed by atoms with Crippen LogP contribution in [0.15, 0.2) is 79.4 Å². The molecular weight excluding hydrogens is 665 g/mol. The van der Waals surface area contributed by atoms with E-state index >= 15 is 0 Å². The number of hydrogen-bond donors (Lipinski definition) is 5. The van der Waals surface area contributed by atoms with Gasteiger partial charge in [-0.15, -0.1) is 0 Å². The number of rotatable bonds is 11. The van der Waals surface area contributed by atoms with E-state index in [0.29, 0.717) is 5.56 Å². The van der Waals surface area contributed by atoms with Gasteiger partial charge in [0.05, 0.1) is 5.60 Å². The van der Waals surface area contributed by atoms with Crippen molar-refractivity contribution in [1.29, 1.82) is 0 Å². The zero-order chi connectivity index (χ0) is 38.2. The van der Waals surface area contributed by atoms with Crippen LogP contribution in [0.1, 0.15) is 127 Å². The van der Waals surface area contributed by atoms with Gasteiger partial charge in [0, 0.05) is 64.6 Å². The van der Waals surface area contributed by atoms with Gasteiger partial charge in [-0.05, 0) is 101 Å². The van der Waals surface area contributed by atoms with Gasteiger partial charge in [-0.2, -0.15) is 0 Å². The highest BCUT2D eigenvalue weighted by atomic mass is 16.3. The molecule has 4 aromatic rings. The van der Waals surface area contributed by atoms with Gasteiger partial charge in [0.1, 0.15) is 35.7 Å². The van der Waals surface area contributed by atoms with Crippen LogP contribution >= 0.6 is 0 Å². The van der Waals surface area contributed by atoms with Gasteiger partial charge in [-0.1, -0.05) is 63.3 Å². The van der Waals surface area contributed by atoms with Crippen molar-refractivity contribution in [2.75, 3.05) is 0 Å². The summed E-state index contributed by atoms with van der Waals surface area (Å²) >= 11 is 0. The number of aryl methyl sites for hydroxylation is 2. The molecule has 0 aliphatic heterocycles. The first-order valence-corrected chi connectivity index (χ1v) is 19.2. The molecule has 284 valence electrons. The van der Waals surface area contributed by atoms with E-state index in [-0.39, 0.29) is 28.9 Å². The smallest absolute Gasteiger partial charge is 0.131 e. The Kier molecular flexibility index (Phi) is 15.8. The molecule has 2 aliphatic carbocycles. The molecule has 2 heterocycles. The van der Waals surface area contributed by atoms with Crippen LogP contribution in [-0.4, -0.2) is 51.1 Å². The summed E-state index contributed by atoms with van der Waals surface area (Å²) < 4.78 is 0. The number of aromatic hydroxyl groups is 4. The predicted octanol–water partition coefficient (Wildman–Crippen LogP) is 10.3. The Morgan fingerprint density at radius 2 is 1.32 bits per heavy atom. The number of hydrogen-bond acceptors (Lipinski definition) is 9. The molecular formula is C44H58N4O5. The summed E-state index contributed by atoms with van der Waals surface area (Å²) in [5.74, 6) is 0.593. The summed E-state index contributed by atoms with van der Waals surface area (Å²) in [6.45, 7) is 8.28. The van der Waals surface area contributed by atoms with E-state index in [2.05, 4.69) is 46.8 Å². The second-order valence-corrected chi connectivity index (χ2v) is 14.5. The summed E-state index contributed by atoms with van der Waals surface area (Å²) in [5, 5.41) is 50.9. The number of aromatic nitrogens is 4. The maximum atomic E-state index is 11.2. The second kappa shape index (κ2) is 20.5. The van der Waals surface area contributed by atoms with Crippen molar-refractivity contribution in [1.82, 2.24) is 19.9 Å². The number of allylic oxidation sites excluding steroid dienone is 3. The molecule has 0 radical (unpaired) electrons. The third-order valence-corrected chi connectivity index (χ3v) is 9.86. The Hall–Kier alpha value is -4.76. The summed E-state index contributed by atoms with van der Waals surface area (Å²) in [5.41, 5.74) is 6.41. The van der Waals surface area contributed by atoms with E-state index in [0.717, 1.165) is 123 Å². The third-order valence-electron chi connectivity index (χ3n) is 9.86. The number of aliphatic hydroxyl groups is 1. The van der Waals surface area contributed by atoms with Crippen molar-refractivity contribution in [3.63, 3.8) is 0 Å². The molecule has 0 fully saturated rings. The summed E-state index contributed by atoms with van der Waals surface area (Å²) in [6.07, 6.45) is 30.4. The van der Waals surface area contributed by atoms with E-state index in [1.807, 2.05) is 25.1 Å². The predicted molar refractivity (Wildman–Crippen MR) is 212 cm³/mol. The van der Waals surface area contributed by atoms with Crippen molar-refractivity contribution < 1.29 is 25.5 Å². The Morgan fingerprint density at radius 1 is 0.736 bits per heavy atom. The van der Waals surface area contributed by atoms with Crippen LogP contribution in [0.3, 0.4) is 0 Å².